The summed E-state index contributed by atoms with van der Waals surface area (Å²) in [6.07, 6.45) is 8.54. The molecule has 0 spiro atoms. The Labute approximate surface area is 85.5 Å². The van der Waals surface area contributed by atoms with Crippen LogP contribution in [-0.4, -0.2) is 4.98 Å². The van der Waals surface area contributed by atoms with Crippen LogP contribution in [0.4, 0.5) is 0 Å². The highest BCUT2D eigenvalue weighted by Gasteiger charge is 2.09. The predicted molar refractivity (Wildman–Crippen MR) is 58.7 cm³/mol. The van der Waals surface area contributed by atoms with Gasteiger partial charge < -0.3 is 5.73 Å². The number of hydrogen-bond donors (Lipinski definition) is 1. The van der Waals surface area contributed by atoms with Crippen molar-refractivity contribution in [2.75, 3.05) is 0 Å². The van der Waals surface area contributed by atoms with Gasteiger partial charge in [-0.3, -0.25) is 4.98 Å². The highest BCUT2D eigenvalue weighted by atomic mass is 14.8. The highest BCUT2D eigenvalue weighted by Crippen LogP contribution is 2.17. The Morgan fingerprint density at radius 1 is 1.57 bits per heavy atom. The molecule has 0 amide bonds. The molecule has 2 nitrogen and oxygen atoms in total. The maximum Gasteiger partial charge on any atom is 0.0600 e. The molecule has 0 aliphatic heterocycles. The maximum atomic E-state index is 5.97. The zero-order valence-electron chi connectivity index (χ0n) is 8.75. The molecular formula is C12H16N2. The van der Waals surface area contributed by atoms with Crippen LogP contribution in [0.25, 0.3) is 0 Å². The van der Waals surface area contributed by atoms with Crippen LogP contribution < -0.4 is 5.73 Å². The molecule has 1 aromatic heterocycles. The number of nitrogens with two attached hydrogens (primary N) is 1. The number of nitrogens with zero attached hydrogens (tertiary/aromatic N) is 1. The molecule has 74 valence electrons. The van der Waals surface area contributed by atoms with E-state index >= 15 is 0 Å². The maximum absolute atomic E-state index is 5.97. The van der Waals surface area contributed by atoms with E-state index in [4.69, 9.17) is 12.2 Å². The van der Waals surface area contributed by atoms with E-state index < -0.39 is 0 Å². The van der Waals surface area contributed by atoms with Crippen molar-refractivity contribution < 1.29 is 0 Å². The van der Waals surface area contributed by atoms with Crippen molar-refractivity contribution in [2.24, 2.45) is 5.73 Å². The zero-order chi connectivity index (χ0) is 10.6. The Kier molecular flexibility index (Phi) is 3.67. The Morgan fingerprint density at radius 3 is 2.86 bits per heavy atom. The number of hydrogen-bond acceptors (Lipinski definition) is 2. The number of aromatic nitrogens is 1. The molecule has 1 unspecified atom stereocenters. The average molecular weight is 188 g/mol. The first kappa shape index (κ1) is 10.7. The number of terminal acetylenes is 1. The molecular weight excluding hydrogens is 172 g/mol. The molecule has 0 aliphatic rings. The summed E-state index contributed by atoms with van der Waals surface area (Å²) < 4.78 is 0. The molecule has 0 fully saturated rings. The number of rotatable bonds is 3. The largest absolute Gasteiger partial charge is 0.323 e. The fraction of sp³-hybridized carbons (Fsp3) is 0.417. The van der Waals surface area contributed by atoms with Crippen LogP contribution in [0, 0.1) is 26.2 Å². The first-order valence-electron chi connectivity index (χ1n) is 4.77. The van der Waals surface area contributed by atoms with Crippen LogP contribution in [0.1, 0.15) is 35.7 Å². The van der Waals surface area contributed by atoms with Crippen molar-refractivity contribution in [3.05, 3.63) is 29.1 Å². The van der Waals surface area contributed by atoms with E-state index in [2.05, 4.69) is 17.0 Å². The summed E-state index contributed by atoms with van der Waals surface area (Å²) >= 11 is 0. The fourth-order valence-electron chi connectivity index (χ4n) is 1.49. The Bertz CT molecular complexity index is 350. The molecule has 0 aromatic carbocycles. The molecule has 2 heteroatoms. The lowest BCUT2D eigenvalue weighted by molar-refractivity contribution is 0.643. The van der Waals surface area contributed by atoms with Gasteiger partial charge in [-0.25, -0.2) is 0 Å². The van der Waals surface area contributed by atoms with Crippen LogP contribution in [0.5, 0.6) is 0 Å². The molecule has 0 aliphatic carbocycles. The minimum Gasteiger partial charge on any atom is -0.323 e. The average Bonchev–Trinajstić information content (AvgIpc) is 2.14. The second kappa shape index (κ2) is 4.78. The molecule has 14 heavy (non-hydrogen) atoms. The van der Waals surface area contributed by atoms with Gasteiger partial charge in [0, 0.05) is 18.7 Å². The lowest BCUT2D eigenvalue weighted by Gasteiger charge is -2.12. The van der Waals surface area contributed by atoms with Gasteiger partial charge in [-0.2, -0.15) is 0 Å². The van der Waals surface area contributed by atoms with E-state index in [1.54, 1.807) is 0 Å². The molecule has 1 heterocycles. The van der Waals surface area contributed by atoms with E-state index in [1.165, 1.54) is 0 Å². The molecule has 2 N–H and O–H groups in total. The van der Waals surface area contributed by atoms with E-state index in [0.717, 1.165) is 23.2 Å². The van der Waals surface area contributed by atoms with Crippen molar-refractivity contribution in [3.8, 4) is 12.3 Å². The van der Waals surface area contributed by atoms with Gasteiger partial charge in [0.05, 0.1) is 5.69 Å². The number of aryl methyl sites for hydroxylation is 2. The monoisotopic (exact) mass is 188 g/mol. The summed E-state index contributed by atoms with van der Waals surface area (Å²) in [5, 5.41) is 0. The number of pyridine rings is 1. The van der Waals surface area contributed by atoms with Crippen LogP contribution in [0.3, 0.4) is 0 Å². The summed E-state index contributed by atoms with van der Waals surface area (Å²) in [7, 11) is 0. The van der Waals surface area contributed by atoms with Gasteiger partial charge in [0.25, 0.3) is 0 Å². The molecule has 1 rings (SSSR count). The third-order valence-corrected chi connectivity index (χ3v) is 2.21. The SMILES string of the molecule is C#CCCC(N)c1ncc(C)cc1C. The van der Waals surface area contributed by atoms with E-state index in [-0.39, 0.29) is 6.04 Å². The second-order valence-electron chi connectivity index (χ2n) is 3.56. The van der Waals surface area contributed by atoms with E-state index in [0.29, 0.717) is 6.42 Å². The predicted octanol–water partition coefficient (Wildman–Crippen LogP) is 2.11. The molecule has 1 atom stereocenters. The summed E-state index contributed by atoms with van der Waals surface area (Å²) in [6.45, 7) is 4.06. The Balaban J connectivity index is 2.80. The van der Waals surface area contributed by atoms with E-state index in [1.807, 2.05) is 20.0 Å². The summed E-state index contributed by atoms with van der Waals surface area (Å²) in [6, 6.07) is 2.06. The normalized spacial score (nSPS) is 12.1. The molecule has 0 saturated carbocycles. The highest BCUT2D eigenvalue weighted by molar-refractivity contribution is 5.25. The molecule has 0 saturated heterocycles. The van der Waals surface area contributed by atoms with Gasteiger partial charge in [0.1, 0.15) is 0 Å². The van der Waals surface area contributed by atoms with Crippen molar-refractivity contribution in [3.63, 3.8) is 0 Å². The van der Waals surface area contributed by atoms with Gasteiger partial charge in [-0.05, 0) is 31.4 Å². The van der Waals surface area contributed by atoms with Gasteiger partial charge in [0.2, 0.25) is 0 Å². The van der Waals surface area contributed by atoms with E-state index in [9.17, 15) is 0 Å². The fourth-order valence-corrected chi connectivity index (χ4v) is 1.49. The lowest BCUT2D eigenvalue weighted by Crippen LogP contribution is -2.13. The standard InChI is InChI=1S/C12H16N2/c1-4-5-6-11(13)12-10(3)7-9(2)8-14-12/h1,7-8,11H,5-6,13H2,2-3H3. The Morgan fingerprint density at radius 2 is 2.29 bits per heavy atom. The van der Waals surface area contributed by atoms with Crippen LogP contribution in [0.15, 0.2) is 12.3 Å². The first-order valence-corrected chi connectivity index (χ1v) is 4.77. The van der Waals surface area contributed by atoms with Crippen LogP contribution in [0.2, 0.25) is 0 Å². The third-order valence-electron chi connectivity index (χ3n) is 2.21. The van der Waals surface area contributed by atoms with Crippen LogP contribution in [-0.2, 0) is 0 Å². The van der Waals surface area contributed by atoms with Crippen molar-refractivity contribution in [1.82, 2.24) is 4.98 Å². The summed E-state index contributed by atoms with van der Waals surface area (Å²) in [4.78, 5) is 4.34. The lowest BCUT2D eigenvalue weighted by atomic mass is 10.0. The van der Waals surface area contributed by atoms with Crippen LogP contribution >= 0.6 is 0 Å². The zero-order valence-corrected chi connectivity index (χ0v) is 8.75. The van der Waals surface area contributed by atoms with Crippen molar-refractivity contribution in [1.29, 1.82) is 0 Å². The van der Waals surface area contributed by atoms with Gasteiger partial charge in [-0.15, -0.1) is 12.3 Å². The quantitative estimate of drug-likeness (QED) is 0.738. The Hall–Kier alpha value is -1.33. The molecule has 0 radical (unpaired) electrons. The summed E-state index contributed by atoms with van der Waals surface area (Å²) in [5.74, 6) is 2.59. The third kappa shape index (κ3) is 2.58. The van der Waals surface area contributed by atoms with Gasteiger partial charge in [0.15, 0.2) is 0 Å². The molecule has 0 bridgehead atoms. The van der Waals surface area contributed by atoms with Crippen molar-refractivity contribution >= 4 is 0 Å². The van der Waals surface area contributed by atoms with Gasteiger partial charge in [-0.1, -0.05) is 6.07 Å². The van der Waals surface area contributed by atoms with Gasteiger partial charge >= 0.3 is 0 Å². The smallest absolute Gasteiger partial charge is 0.0600 e. The summed E-state index contributed by atoms with van der Waals surface area (Å²) in [5.41, 5.74) is 9.25. The topological polar surface area (TPSA) is 38.9 Å². The molecule has 1 aromatic rings. The first-order chi connectivity index (χ1) is 6.65. The minimum atomic E-state index is -0.0355. The van der Waals surface area contributed by atoms with Crippen molar-refractivity contribution in [2.45, 2.75) is 32.7 Å². The second-order valence-corrected chi connectivity index (χ2v) is 3.56. The minimum absolute atomic E-state index is 0.0355.